The van der Waals surface area contributed by atoms with Crippen LogP contribution in [-0.2, 0) is 6.42 Å². The molecule has 3 aromatic carbocycles. The molecule has 0 radical (unpaired) electrons. The lowest BCUT2D eigenvalue weighted by atomic mass is 10.1. The first-order chi connectivity index (χ1) is 14.5. The van der Waals surface area contributed by atoms with Crippen molar-refractivity contribution in [2.24, 2.45) is 0 Å². The van der Waals surface area contributed by atoms with Crippen molar-refractivity contribution in [3.63, 3.8) is 0 Å². The number of amides is 1. The van der Waals surface area contributed by atoms with Crippen LogP contribution in [0.4, 0.5) is 4.39 Å². The smallest absolute Gasteiger partial charge is 0.279 e. The van der Waals surface area contributed by atoms with Crippen LogP contribution in [0.5, 0.6) is 0 Å². The molecule has 0 saturated heterocycles. The highest BCUT2D eigenvalue weighted by Gasteiger charge is 2.17. The number of aromatic nitrogens is 2. The number of nitrogens with zero attached hydrogens (tertiary/aromatic N) is 2. The zero-order valence-electron chi connectivity index (χ0n) is 15.8. The molecule has 30 heavy (non-hydrogen) atoms. The Bertz CT molecular complexity index is 1290. The fourth-order valence-electron chi connectivity index (χ4n) is 3.21. The quantitative estimate of drug-likeness (QED) is 0.526. The lowest BCUT2D eigenvalue weighted by Crippen LogP contribution is -2.31. The molecule has 4 aromatic rings. The second-order valence-corrected chi connectivity index (χ2v) is 7.16. The summed E-state index contributed by atoms with van der Waals surface area (Å²) in [6.07, 6.45) is 0.470. The third kappa shape index (κ3) is 4.09. The summed E-state index contributed by atoms with van der Waals surface area (Å²) >= 11 is 5.94. The van der Waals surface area contributed by atoms with Gasteiger partial charge in [0, 0.05) is 17.0 Å². The maximum absolute atomic E-state index is 13.3. The molecule has 1 N–H and O–H groups in total. The minimum Gasteiger partial charge on any atom is -0.350 e. The second-order valence-electron chi connectivity index (χ2n) is 6.72. The first-order valence-electron chi connectivity index (χ1n) is 9.33. The van der Waals surface area contributed by atoms with E-state index in [1.54, 1.807) is 60.7 Å². The van der Waals surface area contributed by atoms with Crippen molar-refractivity contribution in [1.82, 2.24) is 15.1 Å². The Kier molecular flexibility index (Phi) is 5.59. The van der Waals surface area contributed by atoms with Crippen LogP contribution in [0, 0.1) is 5.82 Å². The lowest BCUT2D eigenvalue weighted by molar-refractivity contribution is 0.0949. The Morgan fingerprint density at radius 1 is 1.00 bits per heavy atom. The number of carbonyl (C=O) groups is 1. The van der Waals surface area contributed by atoms with Crippen LogP contribution >= 0.6 is 11.6 Å². The average molecular weight is 422 g/mol. The van der Waals surface area contributed by atoms with Crippen LogP contribution in [0.25, 0.3) is 16.5 Å². The molecule has 1 heterocycles. The van der Waals surface area contributed by atoms with Gasteiger partial charge in [0.05, 0.1) is 11.1 Å². The number of benzene rings is 3. The van der Waals surface area contributed by atoms with Gasteiger partial charge in [-0.2, -0.15) is 9.78 Å². The predicted molar refractivity (Wildman–Crippen MR) is 115 cm³/mol. The molecule has 0 saturated carbocycles. The van der Waals surface area contributed by atoms with Gasteiger partial charge in [0.25, 0.3) is 11.5 Å². The summed E-state index contributed by atoms with van der Waals surface area (Å²) in [5.41, 5.74) is 1.09. The molecule has 5 nitrogen and oxygen atoms in total. The van der Waals surface area contributed by atoms with Crippen molar-refractivity contribution in [1.29, 1.82) is 0 Å². The van der Waals surface area contributed by atoms with E-state index in [-0.39, 0.29) is 17.1 Å². The van der Waals surface area contributed by atoms with E-state index >= 15 is 0 Å². The Balaban J connectivity index is 1.67. The molecule has 7 heteroatoms. The van der Waals surface area contributed by atoms with E-state index in [1.165, 1.54) is 16.8 Å². The Morgan fingerprint density at radius 2 is 1.73 bits per heavy atom. The standard InChI is InChI=1S/C23H17ClFN3O2/c24-16-8-10-18(11-9-16)28-23(30)20-7-2-1-6-19(20)21(27-28)22(29)26-13-12-15-4-3-5-17(25)14-15/h1-11,14H,12-13H2,(H,26,29). The van der Waals surface area contributed by atoms with Crippen LogP contribution in [0.1, 0.15) is 16.1 Å². The number of hydrogen-bond donors (Lipinski definition) is 1. The fourth-order valence-corrected chi connectivity index (χ4v) is 3.34. The number of carbonyl (C=O) groups excluding carboxylic acids is 1. The van der Waals surface area contributed by atoms with Crippen LogP contribution in [-0.4, -0.2) is 22.2 Å². The second kappa shape index (κ2) is 8.47. The normalized spacial score (nSPS) is 10.9. The van der Waals surface area contributed by atoms with Gasteiger partial charge in [0.2, 0.25) is 0 Å². The fraction of sp³-hybridized carbons (Fsp3) is 0.0870. The summed E-state index contributed by atoms with van der Waals surface area (Å²) in [5, 5.41) is 8.52. The molecule has 0 aliphatic rings. The van der Waals surface area contributed by atoms with E-state index in [2.05, 4.69) is 10.4 Å². The van der Waals surface area contributed by atoms with Crippen molar-refractivity contribution >= 4 is 28.3 Å². The SMILES string of the molecule is O=C(NCCc1cccc(F)c1)c1nn(-c2ccc(Cl)cc2)c(=O)c2ccccc12. The summed E-state index contributed by atoms with van der Waals surface area (Å²) in [6.45, 7) is 0.304. The third-order valence-electron chi connectivity index (χ3n) is 4.68. The minimum atomic E-state index is -0.412. The molecule has 150 valence electrons. The van der Waals surface area contributed by atoms with Crippen molar-refractivity contribution in [2.75, 3.05) is 6.54 Å². The maximum atomic E-state index is 13.3. The highest BCUT2D eigenvalue weighted by atomic mass is 35.5. The van der Waals surface area contributed by atoms with Gasteiger partial charge < -0.3 is 5.32 Å². The van der Waals surface area contributed by atoms with Crippen LogP contribution in [0.15, 0.2) is 77.6 Å². The average Bonchev–Trinajstić information content (AvgIpc) is 2.75. The number of fused-ring (bicyclic) bond motifs is 1. The lowest BCUT2D eigenvalue weighted by Gasteiger charge is -2.11. The van der Waals surface area contributed by atoms with E-state index in [4.69, 9.17) is 11.6 Å². The summed E-state index contributed by atoms with van der Waals surface area (Å²) < 4.78 is 14.5. The highest BCUT2D eigenvalue weighted by Crippen LogP contribution is 2.17. The number of nitrogens with one attached hydrogen (secondary N) is 1. The van der Waals surface area contributed by atoms with Crippen molar-refractivity contribution < 1.29 is 9.18 Å². The van der Waals surface area contributed by atoms with Crippen LogP contribution in [0.2, 0.25) is 5.02 Å². The first kappa shape index (κ1) is 19.8. The topological polar surface area (TPSA) is 64.0 Å². The van der Waals surface area contributed by atoms with E-state index < -0.39 is 5.91 Å². The van der Waals surface area contributed by atoms with Gasteiger partial charge >= 0.3 is 0 Å². The molecule has 0 spiro atoms. The number of halogens is 2. The number of rotatable bonds is 5. The Hall–Kier alpha value is -3.51. The van der Waals surface area contributed by atoms with E-state index in [1.807, 2.05) is 0 Å². The van der Waals surface area contributed by atoms with Gasteiger partial charge in [-0.1, -0.05) is 41.9 Å². The molecule has 0 atom stereocenters. The van der Waals surface area contributed by atoms with Gasteiger partial charge in [-0.15, -0.1) is 0 Å². The maximum Gasteiger partial charge on any atom is 0.279 e. The van der Waals surface area contributed by atoms with Gasteiger partial charge in [-0.25, -0.2) is 4.39 Å². The van der Waals surface area contributed by atoms with Crippen molar-refractivity contribution in [2.45, 2.75) is 6.42 Å². The van der Waals surface area contributed by atoms with Gasteiger partial charge in [-0.05, 0) is 54.4 Å². The first-order valence-corrected chi connectivity index (χ1v) is 9.71. The minimum absolute atomic E-state index is 0.138. The molecule has 0 bridgehead atoms. The zero-order chi connectivity index (χ0) is 21.1. The van der Waals surface area contributed by atoms with E-state index in [0.717, 1.165) is 5.56 Å². The van der Waals surface area contributed by atoms with Crippen LogP contribution < -0.4 is 10.9 Å². The van der Waals surface area contributed by atoms with Crippen molar-refractivity contribution in [3.8, 4) is 5.69 Å². The monoisotopic (exact) mass is 421 g/mol. The van der Waals surface area contributed by atoms with Crippen LogP contribution in [0.3, 0.4) is 0 Å². The largest absolute Gasteiger partial charge is 0.350 e. The summed E-state index contributed by atoms with van der Waals surface area (Å²) in [5.74, 6) is -0.730. The molecule has 1 aromatic heterocycles. The van der Waals surface area contributed by atoms with E-state index in [9.17, 15) is 14.0 Å². The van der Waals surface area contributed by atoms with Gasteiger partial charge in [0.1, 0.15) is 5.82 Å². The molecule has 0 unspecified atom stereocenters. The highest BCUT2D eigenvalue weighted by molar-refractivity contribution is 6.30. The molecular weight excluding hydrogens is 405 g/mol. The summed E-state index contributed by atoms with van der Waals surface area (Å²) in [7, 11) is 0. The summed E-state index contributed by atoms with van der Waals surface area (Å²) in [4.78, 5) is 25.8. The van der Waals surface area contributed by atoms with Gasteiger partial charge in [0.15, 0.2) is 5.69 Å². The van der Waals surface area contributed by atoms with Crippen molar-refractivity contribution in [3.05, 3.63) is 105 Å². The van der Waals surface area contributed by atoms with Gasteiger partial charge in [-0.3, -0.25) is 9.59 Å². The number of hydrogen-bond acceptors (Lipinski definition) is 3. The third-order valence-corrected chi connectivity index (χ3v) is 4.93. The Morgan fingerprint density at radius 3 is 2.47 bits per heavy atom. The summed E-state index contributed by atoms with van der Waals surface area (Å²) in [6, 6.07) is 19.7. The molecular formula is C23H17ClFN3O2. The molecule has 4 rings (SSSR count). The Labute approximate surface area is 176 Å². The molecule has 1 amide bonds. The molecule has 0 fully saturated rings. The predicted octanol–water partition coefficient (Wildman–Crippen LogP) is 4.15. The molecule has 0 aliphatic heterocycles. The zero-order valence-corrected chi connectivity index (χ0v) is 16.6. The van der Waals surface area contributed by atoms with E-state index in [0.29, 0.717) is 34.4 Å². The molecule has 0 aliphatic carbocycles.